The van der Waals surface area contributed by atoms with E-state index in [1.54, 1.807) is 11.1 Å². The van der Waals surface area contributed by atoms with Crippen molar-refractivity contribution in [2.75, 3.05) is 4.90 Å². The minimum absolute atomic E-state index is 0.0228. The van der Waals surface area contributed by atoms with Gasteiger partial charge < -0.3 is 9.32 Å². The Morgan fingerprint density at radius 3 is 1.75 bits per heavy atom. The lowest BCUT2D eigenvalue weighted by Gasteiger charge is -2.65. The Morgan fingerprint density at radius 1 is 0.400 bits per heavy atom. The number of benzene rings is 9. The molecule has 0 aliphatic heterocycles. The van der Waals surface area contributed by atoms with Gasteiger partial charge in [0.2, 0.25) is 0 Å². The van der Waals surface area contributed by atoms with Crippen LogP contribution in [-0.4, -0.2) is 0 Å². The van der Waals surface area contributed by atoms with E-state index >= 15 is 0 Å². The van der Waals surface area contributed by atoms with Crippen molar-refractivity contribution in [3.8, 4) is 22.3 Å². The summed E-state index contributed by atoms with van der Waals surface area (Å²) in [4.78, 5) is 2.55. The second-order valence-electron chi connectivity index (χ2n) is 20.0. The Bertz CT molecular complexity index is 3530. The van der Waals surface area contributed by atoms with Gasteiger partial charge in [-0.05, 0) is 148 Å². The third kappa shape index (κ3) is 4.69. The van der Waals surface area contributed by atoms with Crippen LogP contribution in [-0.2, 0) is 10.8 Å². The molecule has 9 aromatic carbocycles. The van der Waals surface area contributed by atoms with Crippen LogP contribution in [0.5, 0.6) is 0 Å². The summed E-state index contributed by atoms with van der Waals surface area (Å²) in [5.74, 6) is 3.00. The van der Waals surface area contributed by atoms with Crippen LogP contribution in [0.1, 0.15) is 65.5 Å². The Kier molecular flexibility index (Phi) is 7.36. The minimum atomic E-state index is -0.474. The largest absolute Gasteiger partial charge is 0.455 e. The van der Waals surface area contributed by atoms with Crippen molar-refractivity contribution in [2.24, 2.45) is 23.7 Å². The molecule has 0 saturated heterocycles. The summed E-state index contributed by atoms with van der Waals surface area (Å²) >= 11 is 0. The minimum Gasteiger partial charge on any atom is -0.455 e. The number of rotatable bonds is 4. The topological polar surface area (TPSA) is 16.4 Å². The van der Waals surface area contributed by atoms with Gasteiger partial charge in [-0.25, -0.2) is 0 Å². The van der Waals surface area contributed by atoms with E-state index in [-0.39, 0.29) is 5.41 Å². The van der Waals surface area contributed by atoms with Crippen molar-refractivity contribution in [3.05, 3.63) is 234 Å². The van der Waals surface area contributed by atoms with Crippen molar-refractivity contribution in [3.63, 3.8) is 0 Å². The maximum absolute atomic E-state index is 6.65. The van der Waals surface area contributed by atoms with Crippen molar-refractivity contribution in [1.29, 1.82) is 0 Å². The van der Waals surface area contributed by atoms with E-state index in [4.69, 9.17) is 4.42 Å². The maximum atomic E-state index is 6.65. The number of nitrogens with zero attached hydrogens (tertiary/aromatic N) is 1. The quantitative estimate of drug-likeness (QED) is 0.176. The number of fused-ring (bicyclic) bond motifs is 13. The molecule has 310 valence electrons. The van der Waals surface area contributed by atoms with Gasteiger partial charge in [-0.2, -0.15) is 0 Å². The second kappa shape index (κ2) is 13.2. The van der Waals surface area contributed by atoms with Gasteiger partial charge in [0.25, 0.3) is 0 Å². The average molecular weight is 834 g/mol. The lowest BCUT2D eigenvalue weighted by atomic mass is 9.38. The van der Waals surface area contributed by atoms with Gasteiger partial charge in [0.05, 0.1) is 11.1 Å². The Labute approximate surface area is 379 Å². The molecule has 6 aliphatic rings. The van der Waals surface area contributed by atoms with Gasteiger partial charge in [-0.1, -0.05) is 164 Å². The van der Waals surface area contributed by atoms with Crippen LogP contribution in [0.25, 0.3) is 55.0 Å². The molecule has 2 nitrogen and oxygen atoms in total. The van der Waals surface area contributed by atoms with Gasteiger partial charge in [0.1, 0.15) is 11.2 Å². The van der Waals surface area contributed by atoms with E-state index in [9.17, 15) is 0 Å². The van der Waals surface area contributed by atoms with Crippen LogP contribution in [0.3, 0.4) is 0 Å². The Balaban J connectivity index is 1.03. The molecule has 1 aromatic heterocycles. The number of para-hydroxylation sites is 2. The van der Waals surface area contributed by atoms with Crippen LogP contribution in [0.4, 0.5) is 17.1 Å². The van der Waals surface area contributed by atoms with Crippen molar-refractivity contribution < 1.29 is 4.42 Å². The lowest BCUT2D eigenvalue weighted by molar-refractivity contribution is -0.0440. The van der Waals surface area contributed by atoms with Crippen LogP contribution >= 0.6 is 0 Å². The van der Waals surface area contributed by atoms with E-state index in [2.05, 4.69) is 205 Å². The van der Waals surface area contributed by atoms with Gasteiger partial charge in [-0.3, -0.25) is 0 Å². The molecule has 4 bridgehead atoms. The maximum Gasteiger partial charge on any atom is 0.143 e. The predicted molar refractivity (Wildman–Crippen MR) is 266 cm³/mol. The highest BCUT2D eigenvalue weighted by molar-refractivity contribution is 6.10. The fourth-order valence-corrected chi connectivity index (χ4v) is 15.0. The van der Waals surface area contributed by atoms with Gasteiger partial charge >= 0.3 is 0 Å². The monoisotopic (exact) mass is 833 g/mol. The molecule has 2 spiro atoms. The summed E-state index contributed by atoms with van der Waals surface area (Å²) < 4.78 is 6.65. The van der Waals surface area contributed by atoms with Crippen molar-refractivity contribution in [1.82, 2.24) is 0 Å². The van der Waals surface area contributed by atoms with Crippen LogP contribution in [0.2, 0.25) is 0 Å². The normalized spacial score (nSPS) is 22.6. The number of hydrogen-bond acceptors (Lipinski definition) is 2. The molecular weight excluding hydrogens is 787 g/mol. The Hall–Kier alpha value is -7.16. The fraction of sp³-hybridized carbons (Fsp3) is 0.175. The van der Waals surface area contributed by atoms with Gasteiger partial charge in [0, 0.05) is 38.5 Å². The molecule has 4 saturated carbocycles. The number of furan rings is 1. The van der Waals surface area contributed by atoms with Crippen molar-refractivity contribution >= 4 is 49.8 Å². The molecule has 16 rings (SSSR count). The van der Waals surface area contributed by atoms with E-state index < -0.39 is 5.41 Å². The molecule has 6 aliphatic carbocycles. The summed E-state index contributed by atoms with van der Waals surface area (Å²) in [5, 5.41) is 4.75. The van der Waals surface area contributed by atoms with Gasteiger partial charge in [0.15, 0.2) is 0 Å². The highest BCUT2D eigenvalue weighted by Gasteiger charge is 2.64. The zero-order valence-corrected chi connectivity index (χ0v) is 36.3. The highest BCUT2D eigenvalue weighted by Crippen LogP contribution is 2.71. The van der Waals surface area contributed by atoms with E-state index in [0.29, 0.717) is 11.8 Å². The molecule has 0 atom stereocenters. The van der Waals surface area contributed by atoms with Gasteiger partial charge in [-0.15, -0.1) is 0 Å². The molecule has 65 heavy (non-hydrogen) atoms. The summed E-state index contributed by atoms with van der Waals surface area (Å²) in [5.41, 5.74) is 18.7. The zero-order chi connectivity index (χ0) is 42.4. The lowest BCUT2D eigenvalue weighted by Crippen LogP contribution is -2.59. The first-order valence-electron chi connectivity index (χ1n) is 23.9. The molecule has 1 heterocycles. The first-order valence-corrected chi connectivity index (χ1v) is 23.9. The molecule has 10 aromatic rings. The first-order chi connectivity index (χ1) is 32.2. The zero-order valence-electron chi connectivity index (χ0n) is 36.3. The van der Waals surface area contributed by atoms with E-state index in [1.807, 2.05) is 0 Å². The first kappa shape index (κ1) is 36.2. The number of anilines is 3. The Morgan fingerprint density at radius 2 is 0.969 bits per heavy atom. The predicted octanol–water partition coefficient (Wildman–Crippen LogP) is 16.3. The fourth-order valence-electron chi connectivity index (χ4n) is 15.0. The van der Waals surface area contributed by atoms with Crippen LogP contribution in [0.15, 0.2) is 205 Å². The van der Waals surface area contributed by atoms with E-state index in [0.717, 1.165) is 50.6 Å². The summed E-state index contributed by atoms with van der Waals surface area (Å²) in [6, 6.07) is 76.0. The molecule has 0 radical (unpaired) electrons. The second-order valence-corrected chi connectivity index (χ2v) is 20.0. The molecule has 0 amide bonds. The van der Waals surface area contributed by atoms with Crippen LogP contribution in [0, 0.1) is 23.7 Å². The van der Waals surface area contributed by atoms with Crippen LogP contribution < -0.4 is 4.90 Å². The van der Waals surface area contributed by atoms with Crippen molar-refractivity contribution in [2.45, 2.75) is 42.9 Å². The summed E-state index contributed by atoms with van der Waals surface area (Å²) in [6.45, 7) is 0. The van der Waals surface area contributed by atoms with E-state index in [1.165, 1.54) is 87.6 Å². The third-order valence-corrected chi connectivity index (χ3v) is 17.1. The average Bonchev–Trinajstić information content (AvgIpc) is 3.88. The third-order valence-electron chi connectivity index (χ3n) is 17.1. The summed E-state index contributed by atoms with van der Waals surface area (Å²) in [7, 11) is 0. The smallest absolute Gasteiger partial charge is 0.143 e. The molecule has 0 N–H and O–H groups in total. The molecular formula is C63H47NO. The molecule has 0 unspecified atom stereocenters. The standard InChI is InChI=1S/C63H47NO/c1-2-18-47-41(14-1)15-12-28-59(47)64(45-17-11-16-42(37-45)48-22-13-23-52-51-21-5-10-29-60(51)65-61(48)52)46-30-31-57-58(38-46)63(53-24-6-3-19-49(53)50-20-4-7-25-54(50)63)56-27-9-8-26-55(56)62(57)43-33-39-32-40(35-43)36-44(62)34-39/h1-31,37-40,43-44H,32-36H2. The molecule has 4 fully saturated rings. The molecule has 2 heteroatoms. The number of hydrogen-bond donors (Lipinski definition) is 0. The summed E-state index contributed by atoms with van der Waals surface area (Å²) in [6.07, 6.45) is 6.81. The SMILES string of the molecule is c1cc(-c2cccc3c2oc2ccccc23)cc(N(c2ccc3c(c2)C2(c4ccccc4-c4ccccc42)c2ccccc2C32C3CC4CC(C3)CC2C4)c2cccc3ccccc23)c1. The highest BCUT2D eigenvalue weighted by atomic mass is 16.3.